The van der Waals surface area contributed by atoms with Crippen molar-refractivity contribution < 1.29 is 22.1 Å². The van der Waals surface area contributed by atoms with Gasteiger partial charge in [0, 0.05) is 11.0 Å². The zero-order chi connectivity index (χ0) is 18.0. The fourth-order valence-corrected chi connectivity index (χ4v) is 3.71. The number of piperidine rings is 1. The first-order valence-electron chi connectivity index (χ1n) is 7.74. The van der Waals surface area contributed by atoms with E-state index in [0.29, 0.717) is 19.4 Å². The second-order valence-electron chi connectivity index (χ2n) is 6.69. The fraction of sp³-hybridized carbons (Fsp3) is 0.562. The molecule has 0 unspecified atom stereocenters. The highest BCUT2D eigenvalue weighted by Crippen LogP contribution is 2.22. The molecule has 24 heavy (non-hydrogen) atoms. The Kier molecular flexibility index (Phi) is 5.93. The van der Waals surface area contributed by atoms with Gasteiger partial charge in [0.1, 0.15) is 5.60 Å². The van der Waals surface area contributed by atoms with Crippen LogP contribution in [0.5, 0.6) is 0 Å². The van der Waals surface area contributed by atoms with E-state index < -0.39 is 27.9 Å². The van der Waals surface area contributed by atoms with Gasteiger partial charge in [-0.2, -0.15) is 8.42 Å². The number of ether oxygens (including phenoxy) is 1. The summed E-state index contributed by atoms with van der Waals surface area (Å²) >= 11 is 3.26. The van der Waals surface area contributed by atoms with Gasteiger partial charge >= 0.3 is 6.09 Å². The van der Waals surface area contributed by atoms with Crippen molar-refractivity contribution in [3.8, 4) is 0 Å². The van der Waals surface area contributed by atoms with Crippen molar-refractivity contribution in [1.29, 1.82) is 0 Å². The number of carbonyl (C=O) groups excluding carboxylic acids is 1. The highest BCUT2D eigenvalue weighted by atomic mass is 79.9. The number of nitrogens with zero attached hydrogens (tertiary/aromatic N) is 1. The molecule has 1 aliphatic heterocycles. The second kappa shape index (κ2) is 7.41. The molecule has 0 aromatic heterocycles. The third-order valence-electron chi connectivity index (χ3n) is 3.39. The second-order valence-corrected chi connectivity index (χ2v) is 9.18. The van der Waals surface area contributed by atoms with E-state index in [-0.39, 0.29) is 11.4 Å². The highest BCUT2D eigenvalue weighted by Gasteiger charge is 2.31. The monoisotopic (exact) mass is 419 g/mol. The van der Waals surface area contributed by atoms with Crippen LogP contribution in [0.15, 0.2) is 33.6 Å². The summed E-state index contributed by atoms with van der Waals surface area (Å²) in [6.45, 7) is 6.11. The van der Waals surface area contributed by atoms with Gasteiger partial charge in [-0.25, -0.2) is 4.79 Å². The van der Waals surface area contributed by atoms with Crippen LogP contribution >= 0.6 is 15.9 Å². The molecular weight excluding hydrogens is 398 g/mol. The molecule has 134 valence electrons. The van der Waals surface area contributed by atoms with Gasteiger partial charge in [-0.05, 0) is 57.9 Å². The first-order chi connectivity index (χ1) is 11.1. The van der Waals surface area contributed by atoms with Crippen LogP contribution in [0, 0.1) is 0 Å². The van der Waals surface area contributed by atoms with E-state index in [1.54, 1.807) is 32.9 Å². The van der Waals surface area contributed by atoms with Gasteiger partial charge in [0.2, 0.25) is 0 Å². The molecular formula is C16H22BrNO5S. The number of rotatable bonds is 3. The summed E-state index contributed by atoms with van der Waals surface area (Å²) in [4.78, 5) is 13.7. The van der Waals surface area contributed by atoms with Crippen LogP contribution in [0.4, 0.5) is 4.79 Å². The molecule has 0 aliphatic carbocycles. The molecule has 1 fully saturated rings. The third-order valence-corrected chi connectivity index (χ3v) is 5.30. The van der Waals surface area contributed by atoms with Crippen molar-refractivity contribution in [2.75, 3.05) is 13.1 Å². The summed E-state index contributed by atoms with van der Waals surface area (Å²) in [6.07, 6.45) is 0.228. The summed E-state index contributed by atoms with van der Waals surface area (Å²) in [6, 6.07) is 6.25. The number of hydrogen-bond donors (Lipinski definition) is 0. The Morgan fingerprint density at radius 1 is 1.25 bits per heavy atom. The summed E-state index contributed by atoms with van der Waals surface area (Å²) in [5, 5.41) is 0. The lowest BCUT2D eigenvalue weighted by atomic mass is 10.1. The highest BCUT2D eigenvalue weighted by molar-refractivity contribution is 9.10. The van der Waals surface area contributed by atoms with Crippen LogP contribution in [0.25, 0.3) is 0 Å². The molecule has 1 aromatic carbocycles. The van der Waals surface area contributed by atoms with Crippen LogP contribution in [-0.4, -0.2) is 44.2 Å². The lowest BCUT2D eigenvalue weighted by Crippen LogP contribution is -2.45. The number of hydrogen-bond acceptors (Lipinski definition) is 5. The Morgan fingerprint density at radius 3 is 2.46 bits per heavy atom. The zero-order valence-electron chi connectivity index (χ0n) is 14.0. The number of carbonyl (C=O) groups is 1. The number of benzene rings is 1. The maximum Gasteiger partial charge on any atom is 0.410 e. The first kappa shape index (κ1) is 19.2. The van der Waals surface area contributed by atoms with Crippen LogP contribution in [0.2, 0.25) is 0 Å². The summed E-state index contributed by atoms with van der Waals surface area (Å²) in [5.74, 6) is 0. The van der Waals surface area contributed by atoms with E-state index in [2.05, 4.69) is 15.9 Å². The van der Waals surface area contributed by atoms with Gasteiger partial charge in [-0.1, -0.05) is 15.9 Å². The number of likely N-dealkylation sites (tertiary alicyclic amines) is 1. The molecule has 6 nitrogen and oxygen atoms in total. The Morgan fingerprint density at radius 2 is 1.88 bits per heavy atom. The Bertz CT molecular complexity index is 681. The zero-order valence-corrected chi connectivity index (χ0v) is 16.4. The van der Waals surface area contributed by atoms with Gasteiger partial charge in [-0.15, -0.1) is 0 Å². The van der Waals surface area contributed by atoms with Gasteiger partial charge in [0.25, 0.3) is 10.1 Å². The van der Waals surface area contributed by atoms with Gasteiger partial charge in [-0.3, -0.25) is 4.18 Å². The predicted molar refractivity (Wildman–Crippen MR) is 93.2 cm³/mol. The smallest absolute Gasteiger partial charge is 0.410 e. The quantitative estimate of drug-likeness (QED) is 0.700. The Balaban J connectivity index is 2.02. The number of amides is 1. The molecule has 0 radical (unpaired) electrons. The average molecular weight is 420 g/mol. The molecule has 1 atom stereocenters. The molecule has 1 aliphatic rings. The van der Waals surface area contributed by atoms with Crippen molar-refractivity contribution in [1.82, 2.24) is 4.90 Å². The summed E-state index contributed by atoms with van der Waals surface area (Å²) in [5.41, 5.74) is -0.589. The molecule has 2 rings (SSSR count). The molecule has 1 amide bonds. The first-order valence-corrected chi connectivity index (χ1v) is 9.94. The molecule has 1 heterocycles. The van der Waals surface area contributed by atoms with E-state index in [1.807, 2.05) is 0 Å². The lowest BCUT2D eigenvalue weighted by Gasteiger charge is -2.33. The van der Waals surface area contributed by atoms with Crippen molar-refractivity contribution in [2.45, 2.75) is 50.2 Å². The molecule has 0 spiro atoms. The standard InChI is InChI=1S/C16H22BrNO5S/c1-16(2,3)22-15(19)18-10-4-5-13(11-18)23-24(20,21)14-8-6-12(17)7-9-14/h6-9,13H,4-5,10-11H2,1-3H3/t13-/m0/s1. The minimum Gasteiger partial charge on any atom is -0.444 e. The van der Waals surface area contributed by atoms with Crippen molar-refractivity contribution in [3.05, 3.63) is 28.7 Å². The molecule has 1 saturated heterocycles. The average Bonchev–Trinajstić information content (AvgIpc) is 2.45. The minimum absolute atomic E-state index is 0.0973. The largest absolute Gasteiger partial charge is 0.444 e. The SMILES string of the molecule is CC(C)(C)OC(=O)N1CCC[C@H](OS(=O)(=O)c2ccc(Br)cc2)C1. The van der Waals surface area contributed by atoms with Crippen molar-refractivity contribution in [2.24, 2.45) is 0 Å². The predicted octanol–water partition coefficient (Wildman–Crippen LogP) is 3.55. The van der Waals surface area contributed by atoms with Crippen molar-refractivity contribution in [3.63, 3.8) is 0 Å². The van der Waals surface area contributed by atoms with Gasteiger partial charge in [0.15, 0.2) is 0 Å². The van der Waals surface area contributed by atoms with Gasteiger partial charge < -0.3 is 9.64 Å². The van der Waals surface area contributed by atoms with Gasteiger partial charge in [0.05, 0.1) is 17.5 Å². The molecule has 0 bridgehead atoms. The van der Waals surface area contributed by atoms with Crippen molar-refractivity contribution >= 4 is 32.1 Å². The maximum absolute atomic E-state index is 12.3. The fourth-order valence-electron chi connectivity index (χ4n) is 2.35. The van der Waals surface area contributed by atoms with Crippen LogP contribution in [-0.2, 0) is 19.0 Å². The summed E-state index contributed by atoms with van der Waals surface area (Å²) < 4.78 is 36.1. The normalized spacial score (nSPS) is 19.2. The molecule has 8 heteroatoms. The van der Waals surface area contributed by atoms with E-state index in [0.717, 1.165) is 4.47 Å². The summed E-state index contributed by atoms with van der Waals surface area (Å²) in [7, 11) is -3.86. The topological polar surface area (TPSA) is 72.9 Å². The number of halogens is 1. The van der Waals surface area contributed by atoms with Crippen LogP contribution in [0.3, 0.4) is 0 Å². The molecule has 1 aromatic rings. The third kappa shape index (κ3) is 5.46. The van der Waals surface area contributed by atoms with Crippen LogP contribution < -0.4 is 0 Å². The Labute approximate surface area is 151 Å². The van der Waals surface area contributed by atoms with E-state index in [4.69, 9.17) is 8.92 Å². The van der Waals surface area contributed by atoms with Crippen LogP contribution in [0.1, 0.15) is 33.6 Å². The van der Waals surface area contributed by atoms with E-state index in [9.17, 15) is 13.2 Å². The molecule has 0 N–H and O–H groups in total. The van der Waals surface area contributed by atoms with E-state index >= 15 is 0 Å². The lowest BCUT2D eigenvalue weighted by molar-refractivity contribution is 0.00840. The molecule has 0 saturated carbocycles. The Hall–Kier alpha value is -1.12. The van der Waals surface area contributed by atoms with E-state index in [1.165, 1.54) is 17.0 Å². The maximum atomic E-state index is 12.3. The minimum atomic E-state index is -3.86.